The van der Waals surface area contributed by atoms with Gasteiger partial charge in [0.2, 0.25) is 0 Å². The molecule has 1 aromatic heterocycles. The highest BCUT2D eigenvalue weighted by Crippen LogP contribution is 2.86. The smallest absolute Gasteiger partial charge is 0.310 e. The maximum absolute atomic E-state index is 13.7. The Labute approximate surface area is 93.5 Å². The normalized spacial score (nSPS) is 35.9. The second-order valence-corrected chi connectivity index (χ2v) is 5.04. The van der Waals surface area contributed by atoms with Gasteiger partial charge in [-0.2, -0.15) is 0 Å². The molecule has 0 atom stereocenters. The summed E-state index contributed by atoms with van der Waals surface area (Å²) in [6.07, 6.45) is 2.62. The van der Waals surface area contributed by atoms with Crippen LogP contribution in [0.25, 0.3) is 0 Å². The molecular formula is C10H7BrFNO2. The Balaban J connectivity index is 2.05. The van der Waals surface area contributed by atoms with Crippen molar-refractivity contribution in [2.45, 2.75) is 18.3 Å². The van der Waals surface area contributed by atoms with E-state index in [9.17, 15) is 9.18 Å². The fraction of sp³-hybridized carbons (Fsp3) is 0.400. The fourth-order valence-corrected chi connectivity index (χ4v) is 2.81. The summed E-state index contributed by atoms with van der Waals surface area (Å²) in [7, 11) is 0. The van der Waals surface area contributed by atoms with Crippen molar-refractivity contribution < 1.29 is 14.3 Å². The molecule has 3 nitrogen and oxygen atoms in total. The highest BCUT2D eigenvalue weighted by Gasteiger charge is 2.88. The van der Waals surface area contributed by atoms with Gasteiger partial charge in [-0.15, -0.1) is 0 Å². The lowest BCUT2D eigenvalue weighted by atomic mass is 10.1. The van der Waals surface area contributed by atoms with Crippen molar-refractivity contribution in [2.24, 2.45) is 5.41 Å². The van der Waals surface area contributed by atoms with Crippen LogP contribution in [0, 0.1) is 11.2 Å². The van der Waals surface area contributed by atoms with Crippen LogP contribution in [0.2, 0.25) is 0 Å². The molecule has 15 heavy (non-hydrogen) atoms. The zero-order valence-electron chi connectivity index (χ0n) is 7.63. The third-order valence-corrected chi connectivity index (χ3v) is 4.20. The first-order valence-corrected chi connectivity index (χ1v) is 5.37. The minimum Gasteiger partial charge on any atom is -0.481 e. The van der Waals surface area contributed by atoms with Gasteiger partial charge in [-0.05, 0) is 40.4 Å². The molecule has 0 bridgehead atoms. The topological polar surface area (TPSA) is 50.2 Å². The second kappa shape index (κ2) is 2.40. The lowest BCUT2D eigenvalue weighted by Crippen LogP contribution is -2.04. The molecule has 1 heterocycles. The lowest BCUT2D eigenvalue weighted by Gasteiger charge is -2.04. The van der Waals surface area contributed by atoms with Gasteiger partial charge < -0.3 is 5.11 Å². The highest BCUT2D eigenvalue weighted by molar-refractivity contribution is 9.10. The van der Waals surface area contributed by atoms with Crippen molar-refractivity contribution >= 4 is 21.9 Å². The number of carboxylic acid groups (broad SMARTS) is 1. The highest BCUT2D eigenvalue weighted by atomic mass is 79.9. The first kappa shape index (κ1) is 9.27. The number of pyridine rings is 1. The molecule has 1 aromatic rings. The largest absolute Gasteiger partial charge is 0.481 e. The van der Waals surface area contributed by atoms with Crippen molar-refractivity contribution in [1.82, 2.24) is 4.98 Å². The predicted octanol–water partition coefficient (Wildman–Crippen LogP) is 2.10. The van der Waals surface area contributed by atoms with Crippen LogP contribution in [-0.4, -0.2) is 16.1 Å². The Kier molecular flexibility index (Phi) is 1.48. The zero-order valence-corrected chi connectivity index (χ0v) is 9.21. The molecule has 2 aliphatic rings. The number of hydrogen-bond acceptors (Lipinski definition) is 2. The summed E-state index contributed by atoms with van der Waals surface area (Å²) in [6, 6.07) is 1.58. The van der Waals surface area contributed by atoms with E-state index < -0.39 is 22.6 Å². The molecule has 0 unspecified atom stereocenters. The van der Waals surface area contributed by atoms with Gasteiger partial charge in [0.25, 0.3) is 0 Å². The molecule has 2 saturated carbocycles. The summed E-state index contributed by atoms with van der Waals surface area (Å²) in [5.74, 6) is -1.23. The summed E-state index contributed by atoms with van der Waals surface area (Å²) in [5, 5.41) is 8.99. The number of halogens is 2. The van der Waals surface area contributed by atoms with Gasteiger partial charge in [-0.1, -0.05) is 0 Å². The zero-order chi connectivity index (χ0) is 10.8. The van der Waals surface area contributed by atoms with Gasteiger partial charge in [0, 0.05) is 11.6 Å². The molecule has 0 spiro atoms. The molecule has 3 rings (SSSR count). The van der Waals surface area contributed by atoms with Crippen LogP contribution in [0.3, 0.4) is 0 Å². The maximum atomic E-state index is 13.7. The average molecular weight is 272 g/mol. The molecule has 5 heteroatoms. The summed E-state index contributed by atoms with van der Waals surface area (Å²) in [6.45, 7) is 0. The molecule has 0 aromatic carbocycles. The first-order valence-electron chi connectivity index (χ1n) is 4.57. The van der Waals surface area contributed by atoms with Crippen LogP contribution in [0.1, 0.15) is 18.4 Å². The van der Waals surface area contributed by atoms with Gasteiger partial charge in [0.15, 0.2) is 5.82 Å². The molecule has 0 radical (unpaired) electrons. The summed E-state index contributed by atoms with van der Waals surface area (Å²) in [5.41, 5.74) is -0.616. The molecule has 2 fully saturated rings. The van der Waals surface area contributed by atoms with Gasteiger partial charge in [-0.25, -0.2) is 9.37 Å². The van der Waals surface area contributed by atoms with E-state index in [4.69, 9.17) is 5.11 Å². The van der Waals surface area contributed by atoms with Crippen LogP contribution < -0.4 is 0 Å². The van der Waals surface area contributed by atoms with E-state index in [0.29, 0.717) is 18.4 Å². The number of carboxylic acids is 1. The van der Waals surface area contributed by atoms with Gasteiger partial charge >= 0.3 is 5.97 Å². The Morgan fingerprint density at radius 1 is 1.60 bits per heavy atom. The summed E-state index contributed by atoms with van der Waals surface area (Å²) in [4.78, 5) is 14.7. The quantitative estimate of drug-likeness (QED) is 0.839. The van der Waals surface area contributed by atoms with Crippen molar-refractivity contribution in [3.63, 3.8) is 0 Å². The molecule has 78 valence electrons. The molecule has 0 aliphatic heterocycles. The van der Waals surface area contributed by atoms with Crippen molar-refractivity contribution in [3.05, 3.63) is 28.2 Å². The van der Waals surface area contributed by atoms with Crippen LogP contribution in [0.5, 0.6) is 0 Å². The summed E-state index contributed by atoms with van der Waals surface area (Å²) >= 11 is 3.01. The minimum atomic E-state index is -0.810. The Morgan fingerprint density at radius 3 is 2.80 bits per heavy atom. The van der Waals surface area contributed by atoms with Crippen molar-refractivity contribution in [3.8, 4) is 0 Å². The van der Waals surface area contributed by atoms with Crippen molar-refractivity contribution in [2.75, 3.05) is 0 Å². The molecule has 0 amide bonds. The van der Waals surface area contributed by atoms with E-state index in [-0.39, 0.29) is 4.60 Å². The number of rotatable bonds is 2. The maximum Gasteiger partial charge on any atom is 0.310 e. The van der Waals surface area contributed by atoms with E-state index in [0.717, 1.165) is 0 Å². The van der Waals surface area contributed by atoms with E-state index in [1.165, 1.54) is 6.20 Å². The molecule has 0 saturated heterocycles. The number of aromatic nitrogens is 1. The number of carbonyl (C=O) groups is 1. The fourth-order valence-electron chi connectivity index (χ4n) is 2.48. The molecule has 2 aliphatic carbocycles. The third kappa shape index (κ3) is 0.897. The van der Waals surface area contributed by atoms with E-state index in [2.05, 4.69) is 20.9 Å². The minimum absolute atomic E-state index is 0.160. The number of fused-ring (bicyclic) bond motifs is 1. The number of nitrogens with zero attached hydrogens (tertiary/aromatic N) is 1. The van der Waals surface area contributed by atoms with Gasteiger partial charge in [0.1, 0.15) is 4.60 Å². The van der Waals surface area contributed by atoms with E-state index >= 15 is 0 Å². The Hall–Kier alpha value is -0.970. The third-order valence-electron chi connectivity index (χ3n) is 3.64. The Bertz CT molecular complexity index is 482. The summed E-state index contributed by atoms with van der Waals surface area (Å²) < 4.78 is 13.9. The molecular weight excluding hydrogens is 265 g/mol. The predicted molar refractivity (Wildman–Crippen MR) is 52.9 cm³/mol. The van der Waals surface area contributed by atoms with Crippen molar-refractivity contribution in [1.29, 1.82) is 0 Å². The standard InChI is InChI=1S/C10H7BrFNO2/c11-7-6(12)5(1-2-13-7)9-3-10(9,4-9)8(14)15/h1-2H,3-4H2,(H,14,15). The van der Waals surface area contributed by atoms with E-state index in [1.807, 2.05) is 0 Å². The van der Waals surface area contributed by atoms with Crippen LogP contribution in [0.4, 0.5) is 4.39 Å². The lowest BCUT2D eigenvalue weighted by molar-refractivity contribution is -0.140. The second-order valence-electron chi connectivity index (χ2n) is 4.29. The monoisotopic (exact) mass is 271 g/mol. The Morgan fingerprint density at radius 2 is 2.27 bits per heavy atom. The van der Waals surface area contributed by atoms with Gasteiger partial charge in [-0.3, -0.25) is 4.79 Å². The van der Waals surface area contributed by atoms with Crippen LogP contribution in [-0.2, 0) is 10.2 Å². The number of aliphatic carboxylic acids is 1. The van der Waals surface area contributed by atoms with Gasteiger partial charge in [0.05, 0.1) is 5.41 Å². The SMILES string of the molecule is O=C(O)C12CC1(c1ccnc(Br)c1F)C2. The number of hydrogen-bond donors (Lipinski definition) is 1. The first-order chi connectivity index (χ1) is 7.03. The van der Waals surface area contributed by atoms with Crippen LogP contribution >= 0.6 is 15.9 Å². The van der Waals surface area contributed by atoms with Crippen LogP contribution in [0.15, 0.2) is 16.9 Å². The molecule has 1 N–H and O–H groups in total. The van der Waals surface area contributed by atoms with E-state index in [1.54, 1.807) is 6.07 Å². The average Bonchev–Trinajstić information content (AvgIpc) is 2.95.